The quantitative estimate of drug-likeness (QED) is 0.807. The lowest BCUT2D eigenvalue weighted by Gasteiger charge is -2.46. The van der Waals surface area contributed by atoms with Crippen molar-refractivity contribution in [1.82, 2.24) is 10.1 Å². The molecule has 3 aliphatic carbocycles. The van der Waals surface area contributed by atoms with Gasteiger partial charge in [0.15, 0.2) is 5.82 Å². The van der Waals surface area contributed by atoms with Gasteiger partial charge < -0.3 is 16.0 Å². The minimum absolute atomic E-state index is 0.384. The first-order chi connectivity index (χ1) is 9.53. The zero-order chi connectivity index (χ0) is 14.2. The van der Waals surface area contributed by atoms with Gasteiger partial charge in [0.1, 0.15) is 5.66 Å². The Bertz CT molecular complexity index is 446. The third-order valence-electron chi connectivity index (χ3n) is 5.31. The fourth-order valence-corrected chi connectivity index (χ4v) is 3.97. The van der Waals surface area contributed by atoms with Crippen LogP contribution in [0.25, 0.3) is 0 Å². The number of fused-ring (bicyclic) bond motifs is 3. The van der Waals surface area contributed by atoms with Gasteiger partial charge in [-0.15, -0.1) is 0 Å². The van der Waals surface area contributed by atoms with E-state index in [1.807, 2.05) is 6.92 Å². The second-order valence-electron chi connectivity index (χ2n) is 6.96. The van der Waals surface area contributed by atoms with Gasteiger partial charge in [0.2, 0.25) is 0 Å². The predicted octanol–water partition coefficient (Wildman–Crippen LogP) is 2.45. The maximum Gasteiger partial charge on any atom is 0.261 e. The molecule has 20 heavy (non-hydrogen) atoms. The van der Waals surface area contributed by atoms with Crippen molar-refractivity contribution in [3.8, 4) is 0 Å². The average Bonchev–Trinajstić information content (AvgIpc) is 2.89. The summed E-state index contributed by atoms with van der Waals surface area (Å²) in [7, 11) is 0. The summed E-state index contributed by atoms with van der Waals surface area (Å²) in [5, 5.41) is 4.12. The summed E-state index contributed by atoms with van der Waals surface area (Å²) < 4.78 is 5.31. The number of hydrogen-bond acceptors (Lipinski definition) is 5. The van der Waals surface area contributed by atoms with Crippen molar-refractivity contribution in [1.29, 1.82) is 0 Å². The Kier molecular flexibility index (Phi) is 3.58. The summed E-state index contributed by atoms with van der Waals surface area (Å²) in [6.07, 6.45) is 10.5. The van der Waals surface area contributed by atoms with E-state index in [1.54, 1.807) is 0 Å². The van der Waals surface area contributed by atoms with E-state index < -0.39 is 5.66 Å². The van der Waals surface area contributed by atoms with Crippen molar-refractivity contribution in [3.05, 3.63) is 11.7 Å². The van der Waals surface area contributed by atoms with Crippen LogP contribution in [0.4, 0.5) is 0 Å². The molecule has 3 fully saturated rings. The lowest BCUT2D eigenvalue weighted by Crippen LogP contribution is -2.46. The smallest absolute Gasteiger partial charge is 0.261 e. The molecule has 112 valence electrons. The van der Waals surface area contributed by atoms with Gasteiger partial charge in [0.05, 0.1) is 0 Å². The third-order valence-corrected chi connectivity index (χ3v) is 5.31. The highest BCUT2D eigenvalue weighted by atomic mass is 16.5. The first-order valence-corrected chi connectivity index (χ1v) is 7.94. The van der Waals surface area contributed by atoms with Gasteiger partial charge in [-0.3, -0.25) is 0 Å². The van der Waals surface area contributed by atoms with Crippen molar-refractivity contribution in [3.63, 3.8) is 0 Å². The molecular formula is C15H26N4O. The maximum atomic E-state index is 6.05. The summed E-state index contributed by atoms with van der Waals surface area (Å²) in [6, 6.07) is 0. The maximum absolute atomic E-state index is 6.05. The Labute approximate surface area is 120 Å². The summed E-state index contributed by atoms with van der Waals surface area (Å²) >= 11 is 0. The molecule has 1 aromatic rings. The van der Waals surface area contributed by atoms with Crippen LogP contribution < -0.4 is 11.5 Å². The number of nitrogens with zero attached hydrogens (tertiary/aromatic N) is 2. The van der Waals surface area contributed by atoms with E-state index in [9.17, 15) is 0 Å². The highest BCUT2D eigenvalue weighted by molar-refractivity contribution is 5.03. The van der Waals surface area contributed by atoms with Crippen molar-refractivity contribution in [2.45, 2.75) is 70.4 Å². The fraction of sp³-hybridized carbons (Fsp3) is 0.867. The SMILES string of the molecule is CCCC(N)(N)c1nc(CC23CCC(CC2)CC3)no1. The van der Waals surface area contributed by atoms with Crippen molar-refractivity contribution in [2.24, 2.45) is 22.8 Å². The standard InChI is InChI=1S/C15H26N4O/c1-2-6-15(16,17)13-18-12(19-20-13)10-14-7-3-11(4-8-14)5-9-14/h11H,2-10,16-17H2,1H3. The van der Waals surface area contributed by atoms with Gasteiger partial charge in [-0.25, -0.2) is 0 Å². The van der Waals surface area contributed by atoms with Crippen LogP contribution in [0.1, 0.15) is 70.0 Å². The Morgan fingerprint density at radius 3 is 2.50 bits per heavy atom. The van der Waals surface area contributed by atoms with Gasteiger partial charge in [-0.2, -0.15) is 4.98 Å². The van der Waals surface area contributed by atoms with Crippen molar-refractivity contribution >= 4 is 0 Å². The molecule has 0 atom stereocenters. The molecule has 2 bridgehead atoms. The minimum Gasteiger partial charge on any atom is -0.336 e. The lowest BCUT2D eigenvalue weighted by atomic mass is 9.59. The van der Waals surface area contributed by atoms with Crippen LogP contribution in [0.3, 0.4) is 0 Å². The van der Waals surface area contributed by atoms with Crippen LogP contribution in [0.5, 0.6) is 0 Å². The second-order valence-corrected chi connectivity index (χ2v) is 6.96. The van der Waals surface area contributed by atoms with Crippen LogP contribution in [0.15, 0.2) is 4.52 Å². The molecule has 3 saturated carbocycles. The third kappa shape index (κ3) is 2.61. The lowest BCUT2D eigenvalue weighted by molar-refractivity contribution is 0.0629. The van der Waals surface area contributed by atoms with Crippen LogP contribution >= 0.6 is 0 Å². The Morgan fingerprint density at radius 2 is 1.90 bits per heavy atom. The molecule has 3 aliphatic rings. The molecule has 1 heterocycles. The highest BCUT2D eigenvalue weighted by Crippen LogP contribution is 2.51. The van der Waals surface area contributed by atoms with E-state index in [2.05, 4.69) is 10.1 Å². The normalized spacial score (nSPS) is 29.9. The number of nitrogens with two attached hydrogens (primary N) is 2. The zero-order valence-electron chi connectivity index (χ0n) is 12.4. The van der Waals surface area contributed by atoms with Crippen LogP contribution in [-0.4, -0.2) is 10.1 Å². The van der Waals surface area contributed by atoms with E-state index in [-0.39, 0.29) is 0 Å². The van der Waals surface area contributed by atoms with E-state index in [1.165, 1.54) is 38.5 Å². The molecule has 5 nitrogen and oxygen atoms in total. The monoisotopic (exact) mass is 278 g/mol. The van der Waals surface area contributed by atoms with Gasteiger partial charge in [0, 0.05) is 6.42 Å². The Balaban J connectivity index is 1.71. The van der Waals surface area contributed by atoms with Crippen LogP contribution in [0, 0.1) is 11.3 Å². The molecule has 4 N–H and O–H groups in total. The fourth-order valence-electron chi connectivity index (χ4n) is 3.97. The molecule has 0 aliphatic heterocycles. The molecule has 1 aromatic heterocycles. The first-order valence-electron chi connectivity index (χ1n) is 7.94. The molecule has 4 rings (SSSR count). The topological polar surface area (TPSA) is 91.0 Å². The second kappa shape index (κ2) is 5.11. The van der Waals surface area contributed by atoms with Crippen molar-refractivity contribution < 1.29 is 4.52 Å². The molecule has 0 amide bonds. The van der Waals surface area contributed by atoms with E-state index in [0.29, 0.717) is 17.7 Å². The molecule has 0 saturated heterocycles. The van der Waals surface area contributed by atoms with E-state index in [0.717, 1.165) is 24.6 Å². The summed E-state index contributed by atoms with van der Waals surface area (Å²) in [4.78, 5) is 4.48. The number of aromatic nitrogens is 2. The van der Waals surface area contributed by atoms with E-state index >= 15 is 0 Å². The molecular weight excluding hydrogens is 252 g/mol. The largest absolute Gasteiger partial charge is 0.336 e. The summed E-state index contributed by atoms with van der Waals surface area (Å²) in [5.41, 5.74) is 11.5. The number of hydrogen-bond donors (Lipinski definition) is 2. The minimum atomic E-state index is -0.984. The van der Waals surface area contributed by atoms with Gasteiger partial charge in [-0.05, 0) is 56.3 Å². The van der Waals surface area contributed by atoms with Gasteiger partial charge >= 0.3 is 0 Å². The van der Waals surface area contributed by atoms with Crippen LogP contribution in [0.2, 0.25) is 0 Å². The van der Waals surface area contributed by atoms with Crippen LogP contribution in [-0.2, 0) is 12.1 Å². The summed E-state index contributed by atoms with van der Waals surface area (Å²) in [5.74, 6) is 2.15. The molecule has 0 aromatic carbocycles. The van der Waals surface area contributed by atoms with E-state index in [4.69, 9.17) is 16.0 Å². The summed E-state index contributed by atoms with van der Waals surface area (Å²) in [6.45, 7) is 2.05. The van der Waals surface area contributed by atoms with Gasteiger partial charge in [0.25, 0.3) is 5.89 Å². The zero-order valence-corrected chi connectivity index (χ0v) is 12.4. The molecule has 0 unspecified atom stereocenters. The molecule has 0 spiro atoms. The first kappa shape index (κ1) is 14.0. The number of rotatable bonds is 5. The Hall–Kier alpha value is -0.940. The Morgan fingerprint density at radius 1 is 1.25 bits per heavy atom. The average molecular weight is 278 g/mol. The highest BCUT2D eigenvalue weighted by Gasteiger charge is 2.41. The van der Waals surface area contributed by atoms with Gasteiger partial charge in [-0.1, -0.05) is 18.5 Å². The molecule has 5 heteroatoms. The van der Waals surface area contributed by atoms with Crippen molar-refractivity contribution in [2.75, 3.05) is 0 Å². The predicted molar refractivity (Wildman–Crippen MR) is 76.6 cm³/mol. The molecule has 0 radical (unpaired) electrons.